The van der Waals surface area contributed by atoms with Gasteiger partial charge in [0, 0.05) is 17.7 Å². The summed E-state index contributed by atoms with van der Waals surface area (Å²) in [5, 5.41) is 11.6. The van der Waals surface area contributed by atoms with Crippen LogP contribution in [-0.2, 0) is 6.42 Å². The van der Waals surface area contributed by atoms with Gasteiger partial charge in [0.1, 0.15) is 5.00 Å². The quantitative estimate of drug-likeness (QED) is 0.477. The number of thiophene rings is 1. The van der Waals surface area contributed by atoms with E-state index in [1.165, 1.54) is 0 Å². The minimum atomic E-state index is -1.24. The third-order valence-corrected chi connectivity index (χ3v) is 4.76. The summed E-state index contributed by atoms with van der Waals surface area (Å²) in [5.74, 6) is 0. The maximum absolute atomic E-state index is 14.6. The molecule has 0 radical (unpaired) electrons. The van der Waals surface area contributed by atoms with E-state index in [4.69, 9.17) is 0 Å². The van der Waals surface area contributed by atoms with Gasteiger partial charge in [0.2, 0.25) is 0 Å². The largest absolute Gasteiger partial charge is 0.329 e. The van der Waals surface area contributed by atoms with Crippen LogP contribution < -0.4 is 4.90 Å². The van der Waals surface area contributed by atoms with Gasteiger partial charge in [0.25, 0.3) is 0 Å². The molecule has 1 aromatic heterocycles. The molecular formula is C14H13FN2O2S. The van der Waals surface area contributed by atoms with Crippen LogP contribution in [0, 0.1) is 17.0 Å². The van der Waals surface area contributed by atoms with Crippen LogP contribution >= 0.6 is 11.3 Å². The smallest absolute Gasteiger partial charge is 0.328 e. The summed E-state index contributed by atoms with van der Waals surface area (Å²) in [4.78, 5) is 12.1. The Bertz CT molecular complexity index is 671. The van der Waals surface area contributed by atoms with E-state index in [1.54, 1.807) is 24.0 Å². The van der Waals surface area contributed by atoms with E-state index in [2.05, 4.69) is 0 Å². The van der Waals surface area contributed by atoms with E-state index in [-0.39, 0.29) is 5.00 Å². The second-order valence-electron chi connectivity index (χ2n) is 4.81. The molecule has 0 saturated heterocycles. The van der Waals surface area contributed by atoms with Gasteiger partial charge in [-0.05, 0) is 36.3 Å². The highest BCUT2D eigenvalue weighted by Crippen LogP contribution is 2.41. The van der Waals surface area contributed by atoms with Crippen LogP contribution in [-0.4, -0.2) is 11.5 Å². The van der Waals surface area contributed by atoms with Crippen LogP contribution in [0.4, 0.5) is 14.4 Å². The molecule has 2 aromatic rings. The molecule has 1 aliphatic rings. The van der Waals surface area contributed by atoms with Crippen molar-refractivity contribution in [2.45, 2.75) is 19.6 Å². The number of anilines is 1. The summed E-state index contributed by atoms with van der Waals surface area (Å²) in [6.07, 6.45) is -0.487. The number of rotatable bonds is 2. The zero-order valence-electron chi connectivity index (χ0n) is 10.9. The molecule has 20 heavy (non-hydrogen) atoms. The van der Waals surface area contributed by atoms with Crippen molar-refractivity contribution in [3.05, 3.63) is 57.1 Å². The summed E-state index contributed by atoms with van der Waals surface area (Å²) in [6, 6.07) is 9.13. The predicted molar refractivity (Wildman–Crippen MR) is 77.1 cm³/mol. The lowest BCUT2D eigenvalue weighted by Crippen LogP contribution is -2.32. The summed E-state index contributed by atoms with van der Waals surface area (Å²) in [5.41, 5.74) is 2.26. The molecule has 4 nitrogen and oxygen atoms in total. The molecule has 104 valence electrons. The Morgan fingerprint density at radius 1 is 1.45 bits per heavy atom. The summed E-state index contributed by atoms with van der Waals surface area (Å²) in [7, 11) is 0. The van der Waals surface area contributed by atoms with Crippen LogP contribution in [0.5, 0.6) is 0 Å². The average molecular weight is 292 g/mol. The highest BCUT2D eigenvalue weighted by atomic mass is 32.1. The Morgan fingerprint density at radius 2 is 2.20 bits per heavy atom. The predicted octanol–water partition coefficient (Wildman–Crippen LogP) is 4.00. The van der Waals surface area contributed by atoms with Crippen LogP contribution in [0.15, 0.2) is 30.3 Å². The van der Waals surface area contributed by atoms with Gasteiger partial charge >= 0.3 is 5.00 Å². The normalized spacial score (nSPS) is 17.9. The number of nitrogens with zero attached hydrogens (tertiary/aromatic N) is 2. The third kappa shape index (κ3) is 2.06. The maximum atomic E-state index is 14.6. The number of hydrogen-bond acceptors (Lipinski definition) is 4. The van der Waals surface area contributed by atoms with Crippen LogP contribution in [0.3, 0.4) is 0 Å². The molecule has 1 aromatic carbocycles. The van der Waals surface area contributed by atoms with Gasteiger partial charge in [-0.15, -0.1) is 0 Å². The van der Waals surface area contributed by atoms with Gasteiger partial charge in [0.05, 0.1) is 4.92 Å². The molecule has 0 spiro atoms. The summed E-state index contributed by atoms with van der Waals surface area (Å²) < 4.78 is 14.6. The molecule has 1 aliphatic heterocycles. The lowest BCUT2D eigenvalue weighted by molar-refractivity contribution is -0.380. The first-order chi connectivity index (χ1) is 9.58. The van der Waals surface area contributed by atoms with Gasteiger partial charge in [-0.1, -0.05) is 24.3 Å². The molecule has 0 bridgehead atoms. The number of halogens is 1. The third-order valence-electron chi connectivity index (χ3n) is 3.53. The van der Waals surface area contributed by atoms with E-state index in [0.717, 1.165) is 23.3 Å². The van der Waals surface area contributed by atoms with Crippen LogP contribution in [0.2, 0.25) is 0 Å². The molecule has 0 N–H and O–H groups in total. The topological polar surface area (TPSA) is 46.4 Å². The Morgan fingerprint density at radius 3 is 2.90 bits per heavy atom. The van der Waals surface area contributed by atoms with Crippen LogP contribution in [0.1, 0.15) is 23.0 Å². The van der Waals surface area contributed by atoms with Crippen molar-refractivity contribution in [1.82, 2.24) is 0 Å². The Kier molecular flexibility index (Phi) is 3.17. The van der Waals surface area contributed by atoms with Gasteiger partial charge in [-0.3, -0.25) is 10.1 Å². The van der Waals surface area contributed by atoms with E-state index in [1.807, 2.05) is 18.2 Å². The fraction of sp³-hybridized carbons (Fsp3) is 0.286. The first-order valence-corrected chi connectivity index (χ1v) is 7.13. The number of nitro groups is 1. The number of aryl methyl sites for hydroxylation is 1. The first-order valence-electron chi connectivity index (χ1n) is 6.31. The van der Waals surface area contributed by atoms with E-state index in [9.17, 15) is 14.5 Å². The van der Waals surface area contributed by atoms with E-state index < -0.39 is 11.2 Å². The lowest BCUT2D eigenvalue weighted by atomic mass is 9.99. The molecule has 3 rings (SSSR count). The SMILES string of the molecule is Cc1cc(N2CCc3ccccc3C2F)sc1[N+](=O)[O-]. The molecule has 0 saturated carbocycles. The molecule has 2 heterocycles. The van der Waals surface area contributed by atoms with Gasteiger partial charge in [-0.25, -0.2) is 4.39 Å². The molecule has 0 amide bonds. The Labute approximate surface area is 119 Å². The van der Waals surface area contributed by atoms with Gasteiger partial charge in [0.15, 0.2) is 6.30 Å². The Hall–Kier alpha value is -1.95. The number of fused-ring (bicyclic) bond motifs is 1. The summed E-state index contributed by atoms with van der Waals surface area (Å²) >= 11 is 1.04. The molecule has 0 aliphatic carbocycles. The monoisotopic (exact) mass is 292 g/mol. The van der Waals surface area contributed by atoms with Crippen LogP contribution in [0.25, 0.3) is 0 Å². The zero-order valence-corrected chi connectivity index (χ0v) is 11.7. The highest BCUT2D eigenvalue weighted by Gasteiger charge is 2.29. The molecule has 6 heteroatoms. The number of alkyl halides is 1. The minimum Gasteiger partial charge on any atom is -0.329 e. The van der Waals surface area contributed by atoms with Crippen molar-refractivity contribution in [3.8, 4) is 0 Å². The summed E-state index contributed by atoms with van der Waals surface area (Å²) in [6.45, 7) is 2.22. The standard InChI is InChI=1S/C14H13FN2O2S/c1-9-8-12(20-14(9)17(18)19)16-7-6-10-4-2-3-5-11(10)13(16)15/h2-5,8,13H,6-7H2,1H3. The van der Waals surface area contributed by atoms with Crippen molar-refractivity contribution >= 4 is 21.3 Å². The lowest BCUT2D eigenvalue weighted by Gasteiger charge is -2.32. The van der Waals surface area contributed by atoms with Crippen molar-refractivity contribution in [1.29, 1.82) is 0 Å². The fourth-order valence-electron chi connectivity index (χ4n) is 2.52. The van der Waals surface area contributed by atoms with Gasteiger partial charge < -0.3 is 4.90 Å². The van der Waals surface area contributed by atoms with E-state index in [0.29, 0.717) is 22.7 Å². The van der Waals surface area contributed by atoms with Crippen molar-refractivity contribution in [2.24, 2.45) is 0 Å². The number of hydrogen-bond donors (Lipinski definition) is 0. The van der Waals surface area contributed by atoms with E-state index >= 15 is 0 Å². The molecule has 1 atom stereocenters. The minimum absolute atomic E-state index is 0.0889. The fourth-order valence-corrected chi connectivity index (χ4v) is 3.55. The van der Waals surface area contributed by atoms with Crippen molar-refractivity contribution < 1.29 is 9.31 Å². The zero-order chi connectivity index (χ0) is 14.3. The van der Waals surface area contributed by atoms with Crippen molar-refractivity contribution in [2.75, 3.05) is 11.4 Å². The molecule has 1 unspecified atom stereocenters. The molecular weight excluding hydrogens is 279 g/mol. The second kappa shape index (κ2) is 4.86. The van der Waals surface area contributed by atoms with Gasteiger partial charge in [-0.2, -0.15) is 0 Å². The first kappa shape index (κ1) is 13.1. The van der Waals surface area contributed by atoms with Crippen molar-refractivity contribution in [3.63, 3.8) is 0 Å². The average Bonchev–Trinajstić information content (AvgIpc) is 2.81. The number of benzene rings is 1. The highest BCUT2D eigenvalue weighted by molar-refractivity contribution is 7.19. The maximum Gasteiger partial charge on any atom is 0.328 e. The molecule has 0 fully saturated rings. The second-order valence-corrected chi connectivity index (χ2v) is 5.82. The Balaban J connectivity index is 1.97.